The Bertz CT molecular complexity index is 1280. The molecule has 1 aliphatic rings. The normalized spacial score (nSPS) is 20.7. The molecule has 4 heterocycles. The lowest BCUT2D eigenvalue weighted by Gasteiger charge is -2.40. The van der Waals surface area contributed by atoms with E-state index in [2.05, 4.69) is 32.3 Å². The van der Waals surface area contributed by atoms with E-state index < -0.39 is 6.10 Å². The number of nitrogens with zero attached hydrogens (tertiary/aromatic N) is 3. The first-order valence-electron chi connectivity index (χ1n) is 10.9. The summed E-state index contributed by atoms with van der Waals surface area (Å²) < 4.78 is 1.03. The first-order chi connectivity index (χ1) is 16.0. The third-order valence-corrected chi connectivity index (χ3v) is 7.15. The first-order valence-corrected chi connectivity index (χ1v) is 11.7. The van der Waals surface area contributed by atoms with Crippen molar-refractivity contribution in [2.75, 3.05) is 23.3 Å². The van der Waals surface area contributed by atoms with Gasteiger partial charge in [0, 0.05) is 36.1 Å². The van der Waals surface area contributed by atoms with Crippen molar-refractivity contribution < 1.29 is 9.90 Å². The Morgan fingerprint density at radius 1 is 1.18 bits per heavy atom. The number of thiophene rings is 1. The van der Waals surface area contributed by atoms with Gasteiger partial charge in [0.25, 0.3) is 5.91 Å². The van der Waals surface area contributed by atoms with Crippen LogP contribution in [0.5, 0.6) is 0 Å². The Hall–Kier alpha value is -3.33. The van der Waals surface area contributed by atoms with Gasteiger partial charge in [-0.3, -0.25) is 9.78 Å². The summed E-state index contributed by atoms with van der Waals surface area (Å²) in [5, 5.41) is 13.2. The molecule has 168 valence electrons. The highest BCUT2D eigenvalue weighted by Crippen LogP contribution is 2.33. The number of rotatable bonds is 4. The fourth-order valence-corrected chi connectivity index (χ4v) is 5.26. The average molecular weight is 460 g/mol. The average Bonchev–Trinajstić information content (AvgIpc) is 3.27. The van der Waals surface area contributed by atoms with Crippen LogP contribution in [0.2, 0.25) is 0 Å². The SMILES string of the molecule is CC1CN(c2ccncc2NC(=O)c2ccc3sc(-c4ccccc4)cc3n2)CC(N)C1O. The molecule has 1 amide bonds. The quantitative estimate of drug-likeness (QED) is 0.429. The third kappa shape index (κ3) is 4.32. The van der Waals surface area contributed by atoms with Crippen molar-refractivity contribution in [2.45, 2.75) is 19.1 Å². The summed E-state index contributed by atoms with van der Waals surface area (Å²) in [6, 6.07) is 17.3. The number of carbonyl (C=O) groups excluding carboxylic acids is 1. The molecule has 0 bridgehead atoms. The summed E-state index contributed by atoms with van der Waals surface area (Å²) in [4.78, 5) is 25.1. The standard InChI is InChI=1S/C25H25N5O2S/c1-15-13-30(14-17(26)24(15)31)21-9-10-27-12-20(21)29-25(32)18-7-8-22-19(28-18)11-23(33-22)16-5-3-2-4-6-16/h2-12,15,17,24,31H,13-14,26H2,1H3,(H,29,32). The van der Waals surface area contributed by atoms with Gasteiger partial charge in [-0.2, -0.15) is 0 Å². The van der Waals surface area contributed by atoms with Crippen LogP contribution in [0.1, 0.15) is 17.4 Å². The summed E-state index contributed by atoms with van der Waals surface area (Å²) in [6.45, 7) is 3.11. The molecular weight excluding hydrogens is 434 g/mol. The van der Waals surface area contributed by atoms with Gasteiger partial charge < -0.3 is 21.1 Å². The van der Waals surface area contributed by atoms with Gasteiger partial charge in [-0.25, -0.2) is 4.98 Å². The number of amides is 1. The summed E-state index contributed by atoms with van der Waals surface area (Å²) in [5.74, 6) is -0.278. The van der Waals surface area contributed by atoms with Crippen LogP contribution in [-0.2, 0) is 0 Å². The number of benzene rings is 1. The minimum absolute atomic E-state index is 0.0203. The summed E-state index contributed by atoms with van der Waals surface area (Å²) in [5.41, 5.74) is 9.82. The monoisotopic (exact) mass is 459 g/mol. The van der Waals surface area contributed by atoms with Crippen molar-refractivity contribution >= 4 is 38.8 Å². The lowest BCUT2D eigenvalue weighted by atomic mass is 9.92. The molecule has 0 aliphatic carbocycles. The van der Waals surface area contributed by atoms with E-state index in [4.69, 9.17) is 5.73 Å². The number of aromatic nitrogens is 2. The Kier molecular flexibility index (Phi) is 5.80. The molecule has 3 atom stereocenters. The van der Waals surface area contributed by atoms with Crippen molar-refractivity contribution in [3.63, 3.8) is 0 Å². The number of nitrogens with one attached hydrogen (secondary N) is 1. The molecular formula is C25H25N5O2S. The molecule has 7 nitrogen and oxygen atoms in total. The second-order valence-electron chi connectivity index (χ2n) is 8.44. The zero-order chi connectivity index (χ0) is 22.9. The number of pyridine rings is 2. The number of hydrogen-bond acceptors (Lipinski definition) is 7. The van der Waals surface area contributed by atoms with Gasteiger partial charge in [-0.15, -0.1) is 11.3 Å². The molecule has 0 saturated carbocycles. The molecule has 5 rings (SSSR count). The van der Waals surface area contributed by atoms with Crippen LogP contribution >= 0.6 is 11.3 Å². The second-order valence-corrected chi connectivity index (χ2v) is 9.52. The molecule has 33 heavy (non-hydrogen) atoms. The fourth-order valence-electron chi connectivity index (χ4n) is 4.25. The summed E-state index contributed by atoms with van der Waals surface area (Å²) in [6.07, 6.45) is 2.78. The number of piperidine rings is 1. The van der Waals surface area contributed by atoms with E-state index in [0.29, 0.717) is 24.5 Å². The molecule has 0 spiro atoms. The Balaban J connectivity index is 1.39. The smallest absolute Gasteiger partial charge is 0.274 e. The topological polar surface area (TPSA) is 104 Å². The molecule has 1 aromatic carbocycles. The molecule has 1 saturated heterocycles. The van der Waals surface area contributed by atoms with Crippen molar-refractivity contribution in [1.82, 2.24) is 9.97 Å². The van der Waals surface area contributed by atoms with E-state index in [1.165, 1.54) is 0 Å². The van der Waals surface area contributed by atoms with Crippen LogP contribution in [0, 0.1) is 5.92 Å². The molecule has 4 N–H and O–H groups in total. The van der Waals surface area contributed by atoms with Crippen LogP contribution in [0.15, 0.2) is 67.0 Å². The van der Waals surface area contributed by atoms with Crippen molar-refractivity contribution in [2.24, 2.45) is 11.7 Å². The van der Waals surface area contributed by atoms with Gasteiger partial charge in [-0.05, 0) is 29.8 Å². The van der Waals surface area contributed by atoms with E-state index in [-0.39, 0.29) is 17.9 Å². The van der Waals surface area contributed by atoms with Gasteiger partial charge in [0.15, 0.2) is 0 Å². The highest BCUT2D eigenvalue weighted by atomic mass is 32.1. The van der Waals surface area contributed by atoms with E-state index in [1.807, 2.05) is 43.3 Å². The van der Waals surface area contributed by atoms with Gasteiger partial charge in [0.1, 0.15) is 5.69 Å². The highest BCUT2D eigenvalue weighted by molar-refractivity contribution is 7.22. The number of aliphatic hydroxyl groups excluding tert-OH is 1. The largest absolute Gasteiger partial charge is 0.391 e. The molecule has 0 radical (unpaired) electrons. The van der Waals surface area contributed by atoms with Crippen LogP contribution in [-0.4, -0.2) is 46.2 Å². The maximum Gasteiger partial charge on any atom is 0.274 e. The number of fused-ring (bicyclic) bond motifs is 1. The van der Waals surface area contributed by atoms with E-state index in [9.17, 15) is 9.90 Å². The lowest BCUT2D eigenvalue weighted by Crippen LogP contribution is -2.55. The van der Waals surface area contributed by atoms with Crippen LogP contribution in [0.3, 0.4) is 0 Å². The molecule has 4 aromatic rings. The highest BCUT2D eigenvalue weighted by Gasteiger charge is 2.32. The zero-order valence-electron chi connectivity index (χ0n) is 18.2. The Labute approximate surface area is 195 Å². The van der Waals surface area contributed by atoms with Gasteiger partial charge in [0.2, 0.25) is 0 Å². The molecule has 1 fully saturated rings. The number of aliphatic hydroxyl groups is 1. The van der Waals surface area contributed by atoms with Crippen molar-refractivity contribution in [3.8, 4) is 10.4 Å². The number of hydrogen-bond donors (Lipinski definition) is 3. The molecule has 8 heteroatoms. The fraction of sp³-hybridized carbons (Fsp3) is 0.240. The van der Waals surface area contributed by atoms with E-state index in [1.54, 1.807) is 29.8 Å². The van der Waals surface area contributed by atoms with E-state index >= 15 is 0 Å². The Morgan fingerprint density at radius 2 is 2.00 bits per heavy atom. The maximum absolute atomic E-state index is 13.1. The number of anilines is 2. The van der Waals surface area contributed by atoms with Gasteiger partial charge in [0.05, 0.1) is 33.9 Å². The van der Waals surface area contributed by atoms with E-state index in [0.717, 1.165) is 26.3 Å². The van der Waals surface area contributed by atoms with Crippen molar-refractivity contribution in [1.29, 1.82) is 0 Å². The predicted octanol–water partition coefficient (Wildman–Crippen LogP) is 3.75. The minimum atomic E-state index is -0.538. The molecule has 1 aliphatic heterocycles. The first kappa shape index (κ1) is 21.5. The van der Waals surface area contributed by atoms with Crippen molar-refractivity contribution in [3.05, 3.63) is 72.7 Å². The maximum atomic E-state index is 13.1. The lowest BCUT2D eigenvalue weighted by molar-refractivity contribution is 0.0785. The third-order valence-electron chi connectivity index (χ3n) is 6.01. The second kappa shape index (κ2) is 8.90. The predicted molar refractivity (Wildman–Crippen MR) is 133 cm³/mol. The Morgan fingerprint density at radius 3 is 2.79 bits per heavy atom. The molecule has 3 unspecified atom stereocenters. The van der Waals surface area contributed by atoms with Crippen LogP contribution < -0.4 is 16.0 Å². The van der Waals surface area contributed by atoms with Gasteiger partial charge >= 0.3 is 0 Å². The minimum Gasteiger partial charge on any atom is -0.391 e. The molecule has 3 aromatic heterocycles. The summed E-state index contributed by atoms with van der Waals surface area (Å²) >= 11 is 1.65. The number of carbonyl (C=O) groups is 1. The summed E-state index contributed by atoms with van der Waals surface area (Å²) in [7, 11) is 0. The van der Waals surface area contributed by atoms with Crippen LogP contribution in [0.25, 0.3) is 20.7 Å². The van der Waals surface area contributed by atoms with Crippen LogP contribution in [0.4, 0.5) is 11.4 Å². The van der Waals surface area contributed by atoms with Gasteiger partial charge in [-0.1, -0.05) is 37.3 Å². The number of nitrogens with two attached hydrogens (primary N) is 1. The zero-order valence-corrected chi connectivity index (χ0v) is 19.0.